The van der Waals surface area contributed by atoms with Gasteiger partial charge in [0.2, 0.25) is 0 Å². The molecule has 0 bridgehead atoms. The maximum Gasteiger partial charge on any atom is 0.131 e. The quantitative estimate of drug-likeness (QED) is 0.496. The van der Waals surface area contributed by atoms with Gasteiger partial charge in [0.05, 0.1) is 16.7 Å². The van der Waals surface area contributed by atoms with Crippen LogP contribution in [0.1, 0.15) is 5.56 Å². The van der Waals surface area contributed by atoms with Gasteiger partial charge in [0.15, 0.2) is 0 Å². The molecule has 4 aromatic rings. The number of para-hydroxylation sites is 1. The number of nitrogens with zero attached hydrogens (tertiary/aromatic N) is 2. The first kappa shape index (κ1) is 14.0. The van der Waals surface area contributed by atoms with Crippen molar-refractivity contribution in [2.24, 2.45) is 0 Å². The number of aromatic nitrogens is 2. The smallest absolute Gasteiger partial charge is 0.131 e. The molecule has 0 atom stereocenters. The summed E-state index contributed by atoms with van der Waals surface area (Å²) < 4.78 is 0. The number of pyridine rings is 2. The zero-order valence-corrected chi connectivity index (χ0v) is 13.3. The van der Waals surface area contributed by atoms with Crippen LogP contribution in [-0.2, 0) is 0 Å². The van der Waals surface area contributed by atoms with Crippen molar-refractivity contribution < 1.29 is 0 Å². The molecular formula is C19H14ClN3. The molecule has 0 spiro atoms. The van der Waals surface area contributed by atoms with E-state index in [4.69, 9.17) is 11.6 Å². The highest BCUT2D eigenvalue weighted by molar-refractivity contribution is 6.30. The van der Waals surface area contributed by atoms with Crippen LogP contribution in [0.5, 0.6) is 0 Å². The lowest BCUT2D eigenvalue weighted by atomic mass is 10.1. The molecule has 0 aliphatic rings. The Balaban J connectivity index is 1.91. The van der Waals surface area contributed by atoms with Gasteiger partial charge in [-0.1, -0.05) is 35.9 Å². The molecule has 2 aromatic carbocycles. The molecule has 2 heterocycles. The summed E-state index contributed by atoms with van der Waals surface area (Å²) in [6.07, 6.45) is 1.80. The summed E-state index contributed by atoms with van der Waals surface area (Å²) in [6.45, 7) is 2.04. The number of hydrogen-bond donors (Lipinski definition) is 1. The van der Waals surface area contributed by atoms with Gasteiger partial charge in [-0.05, 0) is 42.8 Å². The summed E-state index contributed by atoms with van der Waals surface area (Å²) in [5.41, 5.74) is 4.92. The Bertz CT molecular complexity index is 1020. The second-order valence-corrected chi connectivity index (χ2v) is 5.85. The molecule has 0 amide bonds. The molecule has 1 N–H and O–H groups in total. The van der Waals surface area contributed by atoms with Crippen LogP contribution in [-0.4, -0.2) is 9.97 Å². The average Bonchev–Trinajstić information content (AvgIpc) is 2.56. The van der Waals surface area contributed by atoms with Gasteiger partial charge in [-0.15, -0.1) is 0 Å². The third-order valence-electron chi connectivity index (χ3n) is 3.93. The van der Waals surface area contributed by atoms with Crippen LogP contribution in [0.3, 0.4) is 0 Å². The number of benzene rings is 2. The van der Waals surface area contributed by atoms with Gasteiger partial charge < -0.3 is 5.32 Å². The van der Waals surface area contributed by atoms with Gasteiger partial charge in [-0.2, -0.15) is 0 Å². The van der Waals surface area contributed by atoms with Crippen molar-refractivity contribution in [3.8, 4) is 0 Å². The normalized spacial score (nSPS) is 11.0. The zero-order chi connectivity index (χ0) is 15.8. The molecule has 23 heavy (non-hydrogen) atoms. The maximum atomic E-state index is 6.22. The summed E-state index contributed by atoms with van der Waals surface area (Å²) in [5, 5.41) is 6.10. The van der Waals surface area contributed by atoms with E-state index in [2.05, 4.69) is 27.4 Å². The Labute approximate surface area is 139 Å². The first-order valence-corrected chi connectivity index (χ1v) is 7.77. The van der Waals surface area contributed by atoms with Crippen LogP contribution in [0.2, 0.25) is 5.15 Å². The predicted octanol–water partition coefficient (Wildman–Crippen LogP) is 5.49. The fourth-order valence-electron chi connectivity index (χ4n) is 2.82. The van der Waals surface area contributed by atoms with Crippen molar-refractivity contribution in [1.29, 1.82) is 0 Å². The third-order valence-corrected chi connectivity index (χ3v) is 4.12. The van der Waals surface area contributed by atoms with Crippen molar-refractivity contribution >= 4 is 44.8 Å². The topological polar surface area (TPSA) is 37.8 Å². The fourth-order valence-corrected chi connectivity index (χ4v) is 3.02. The first-order chi connectivity index (χ1) is 11.2. The number of aryl methyl sites for hydroxylation is 1. The zero-order valence-electron chi connectivity index (χ0n) is 12.5. The molecule has 0 saturated carbocycles. The first-order valence-electron chi connectivity index (χ1n) is 7.39. The molecule has 0 unspecified atom stereocenters. The Kier molecular flexibility index (Phi) is 3.36. The molecule has 3 nitrogen and oxygen atoms in total. The number of anilines is 2. The van der Waals surface area contributed by atoms with E-state index in [0.29, 0.717) is 5.15 Å². The van der Waals surface area contributed by atoms with Crippen LogP contribution in [0.25, 0.3) is 21.8 Å². The van der Waals surface area contributed by atoms with E-state index >= 15 is 0 Å². The SMILES string of the molecule is Cc1cccc2c(Nc3cccc4ncccc34)cc(Cl)nc12. The highest BCUT2D eigenvalue weighted by Crippen LogP contribution is 2.32. The summed E-state index contributed by atoms with van der Waals surface area (Å²) in [4.78, 5) is 8.85. The largest absolute Gasteiger partial charge is 0.354 e. The number of rotatable bonds is 2. The Hall–Kier alpha value is -2.65. The highest BCUT2D eigenvalue weighted by atomic mass is 35.5. The van der Waals surface area contributed by atoms with Crippen molar-refractivity contribution in [2.45, 2.75) is 6.92 Å². The average molecular weight is 320 g/mol. The number of nitrogens with one attached hydrogen (secondary N) is 1. The van der Waals surface area contributed by atoms with Gasteiger partial charge in [0.1, 0.15) is 5.15 Å². The summed E-state index contributed by atoms with van der Waals surface area (Å²) in [7, 11) is 0. The molecule has 0 aliphatic heterocycles. The van der Waals surface area contributed by atoms with Gasteiger partial charge in [-0.25, -0.2) is 4.98 Å². The van der Waals surface area contributed by atoms with Crippen molar-refractivity contribution in [1.82, 2.24) is 9.97 Å². The molecule has 4 heteroatoms. The lowest BCUT2D eigenvalue weighted by Crippen LogP contribution is -1.95. The molecule has 4 rings (SSSR count). The van der Waals surface area contributed by atoms with Gasteiger partial charge in [0.25, 0.3) is 0 Å². The van der Waals surface area contributed by atoms with E-state index in [0.717, 1.165) is 38.7 Å². The molecular weight excluding hydrogens is 306 g/mol. The predicted molar refractivity (Wildman–Crippen MR) is 96.5 cm³/mol. The van der Waals surface area contributed by atoms with Gasteiger partial charge in [0, 0.05) is 22.7 Å². The second-order valence-electron chi connectivity index (χ2n) is 5.46. The van der Waals surface area contributed by atoms with Crippen molar-refractivity contribution in [3.63, 3.8) is 0 Å². The van der Waals surface area contributed by atoms with E-state index in [1.54, 1.807) is 6.20 Å². The Morgan fingerprint density at radius 3 is 2.65 bits per heavy atom. The van der Waals surface area contributed by atoms with Crippen LogP contribution < -0.4 is 5.32 Å². The molecule has 0 saturated heterocycles. The minimum Gasteiger partial charge on any atom is -0.354 e. The molecule has 112 valence electrons. The van der Waals surface area contributed by atoms with Gasteiger partial charge in [-0.3, -0.25) is 4.98 Å². The van der Waals surface area contributed by atoms with E-state index in [1.807, 2.05) is 49.4 Å². The minimum absolute atomic E-state index is 0.479. The molecule has 0 radical (unpaired) electrons. The minimum atomic E-state index is 0.479. The fraction of sp³-hybridized carbons (Fsp3) is 0.0526. The maximum absolute atomic E-state index is 6.22. The van der Waals surface area contributed by atoms with Crippen LogP contribution in [0, 0.1) is 6.92 Å². The van der Waals surface area contributed by atoms with Crippen molar-refractivity contribution in [2.75, 3.05) is 5.32 Å². The Morgan fingerprint density at radius 2 is 1.74 bits per heavy atom. The standard InChI is InChI=1S/C19H14ClN3/c1-12-5-2-6-14-17(11-18(20)23-19(12)14)22-16-9-3-8-15-13(16)7-4-10-21-15/h2-11H,1H3,(H,22,23). The van der Waals surface area contributed by atoms with E-state index in [-0.39, 0.29) is 0 Å². The molecule has 2 aromatic heterocycles. The number of hydrogen-bond acceptors (Lipinski definition) is 3. The second kappa shape index (κ2) is 5.52. The monoisotopic (exact) mass is 319 g/mol. The van der Waals surface area contributed by atoms with Gasteiger partial charge >= 0.3 is 0 Å². The third kappa shape index (κ3) is 2.49. The van der Waals surface area contributed by atoms with Crippen molar-refractivity contribution in [3.05, 3.63) is 71.5 Å². The Morgan fingerprint density at radius 1 is 0.913 bits per heavy atom. The summed E-state index contributed by atoms with van der Waals surface area (Å²) in [5.74, 6) is 0. The van der Waals surface area contributed by atoms with E-state index < -0.39 is 0 Å². The molecule has 0 aliphatic carbocycles. The molecule has 0 fully saturated rings. The van der Waals surface area contributed by atoms with Crippen LogP contribution in [0.4, 0.5) is 11.4 Å². The van der Waals surface area contributed by atoms with E-state index in [9.17, 15) is 0 Å². The van der Waals surface area contributed by atoms with Crippen LogP contribution in [0.15, 0.2) is 60.8 Å². The summed E-state index contributed by atoms with van der Waals surface area (Å²) in [6, 6.07) is 18.0. The van der Waals surface area contributed by atoms with Crippen LogP contribution >= 0.6 is 11.6 Å². The van der Waals surface area contributed by atoms with E-state index in [1.165, 1.54) is 0 Å². The lowest BCUT2D eigenvalue weighted by molar-refractivity contribution is 1.36. The highest BCUT2D eigenvalue weighted by Gasteiger charge is 2.08. The number of fused-ring (bicyclic) bond motifs is 2. The number of halogens is 1. The lowest BCUT2D eigenvalue weighted by Gasteiger charge is -2.13. The summed E-state index contributed by atoms with van der Waals surface area (Å²) >= 11 is 6.22.